The number of hydrogen-bond donors (Lipinski definition) is 2. The van der Waals surface area contributed by atoms with E-state index in [0.717, 1.165) is 0 Å². The van der Waals surface area contributed by atoms with Crippen molar-refractivity contribution in [1.82, 2.24) is 4.98 Å². The Labute approximate surface area is 145 Å². The molecule has 0 aliphatic carbocycles. The van der Waals surface area contributed by atoms with Gasteiger partial charge in [0, 0.05) is 10.7 Å². The maximum absolute atomic E-state index is 12.0. The predicted molar refractivity (Wildman–Crippen MR) is 88.5 cm³/mol. The lowest BCUT2D eigenvalue weighted by atomic mass is 10.3. The number of halogens is 3. The molecule has 116 valence electrons. The Balaban J connectivity index is 2.00. The van der Waals surface area contributed by atoms with Crippen LogP contribution in [0.1, 0.15) is 17.4 Å². The zero-order valence-corrected chi connectivity index (χ0v) is 14.4. The van der Waals surface area contributed by atoms with E-state index in [1.807, 2.05) is 0 Å². The van der Waals surface area contributed by atoms with E-state index in [1.165, 1.54) is 6.92 Å². The summed E-state index contributed by atoms with van der Waals surface area (Å²) in [6.07, 6.45) is 0.595. The van der Waals surface area contributed by atoms with E-state index in [2.05, 4.69) is 26.2 Å². The number of rotatable bonds is 4. The highest BCUT2D eigenvalue weighted by Crippen LogP contribution is 2.29. The number of aromatic nitrogens is 1. The van der Waals surface area contributed by atoms with Gasteiger partial charge in [-0.1, -0.05) is 29.3 Å². The van der Waals surface area contributed by atoms with Gasteiger partial charge >= 0.3 is 5.97 Å². The number of amides is 1. The molecule has 22 heavy (non-hydrogen) atoms. The number of carbonyl (C=O) groups is 2. The highest BCUT2D eigenvalue weighted by atomic mass is 79.9. The molecule has 0 bridgehead atoms. The van der Waals surface area contributed by atoms with Crippen LogP contribution in [-0.2, 0) is 9.53 Å². The molecule has 2 rings (SSSR count). The Hall–Kier alpha value is -1.50. The molecule has 2 N–H and O–H groups in total. The van der Waals surface area contributed by atoms with E-state index in [9.17, 15) is 9.59 Å². The molecule has 1 aromatic heterocycles. The lowest BCUT2D eigenvalue weighted by molar-refractivity contribution is -0.123. The topological polar surface area (TPSA) is 71.2 Å². The Morgan fingerprint density at radius 3 is 2.73 bits per heavy atom. The van der Waals surface area contributed by atoms with Crippen molar-refractivity contribution >= 4 is 56.7 Å². The molecule has 5 nitrogen and oxygen atoms in total. The van der Waals surface area contributed by atoms with E-state index < -0.39 is 18.0 Å². The first-order valence-electron chi connectivity index (χ1n) is 6.18. The van der Waals surface area contributed by atoms with Gasteiger partial charge in [0.15, 0.2) is 6.10 Å². The molecule has 1 unspecified atom stereocenters. The van der Waals surface area contributed by atoms with Crippen LogP contribution in [0.2, 0.25) is 10.0 Å². The molecular formula is C14H11BrCl2N2O3. The number of aromatic amines is 1. The number of H-pyrrole nitrogens is 1. The van der Waals surface area contributed by atoms with Crippen LogP contribution in [0.25, 0.3) is 0 Å². The third kappa shape index (κ3) is 4.03. The molecule has 2 aromatic rings. The fourth-order valence-corrected chi connectivity index (χ4v) is 2.29. The zero-order valence-electron chi connectivity index (χ0n) is 11.3. The van der Waals surface area contributed by atoms with Gasteiger partial charge in [0.2, 0.25) is 0 Å². The van der Waals surface area contributed by atoms with Crippen LogP contribution in [0.15, 0.2) is 34.9 Å². The minimum absolute atomic E-state index is 0.226. The van der Waals surface area contributed by atoms with E-state index in [4.69, 9.17) is 27.9 Å². The standard InChI is InChI=1S/C14H11BrCl2N2O3/c1-7(22-14(21)11-5-8(15)6-18-11)13(20)19-10-4-2-3-9(16)12(10)17/h2-7,18H,1H3,(H,19,20). The normalized spacial score (nSPS) is 11.8. The fraction of sp³-hybridized carbons (Fsp3) is 0.143. The van der Waals surface area contributed by atoms with Crippen LogP contribution in [0.5, 0.6) is 0 Å². The molecule has 1 amide bonds. The Morgan fingerprint density at radius 2 is 2.09 bits per heavy atom. The average Bonchev–Trinajstić information content (AvgIpc) is 2.90. The molecule has 0 spiro atoms. The fourth-order valence-electron chi connectivity index (χ4n) is 1.60. The molecule has 8 heteroatoms. The number of anilines is 1. The van der Waals surface area contributed by atoms with Crippen LogP contribution in [0, 0.1) is 0 Å². The smallest absolute Gasteiger partial charge is 0.355 e. The first kappa shape index (κ1) is 16.9. The quantitative estimate of drug-likeness (QED) is 0.746. The molecule has 1 aromatic carbocycles. The van der Waals surface area contributed by atoms with Crippen LogP contribution in [0.4, 0.5) is 5.69 Å². The minimum Gasteiger partial charge on any atom is -0.448 e. The SMILES string of the molecule is CC(OC(=O)c1cc(Br)c[nH]1)C(=O)Nc1cccc(Cl)c1Cl. The lowest BCUT2D eigenvalue weighted by Gasteiger charge is -2.14. The molecule has 0 radical (unpaired) electrons. The van der Waals surface area contributed by atoms with Gasteiger partial charge in [-0.15, -0.1) is 0 Å². The van der Waals surface area contributed by atoms with Crippen LogP contribution in [-0.4, -0.2) is 23.0 Å². The summed E-state index contributed by atoms with van der Waals surface area (Å²) in [7, 11) is 0. The van der Waals surface area contributed by atoms with Crippen molar-refractivity contribution in [2.24, 2.45) is 0 Å². The maximum atomic E-state index is 12.0. The van der Waals surface area contributed by atoms with Crippen molar-refractivity contribution < 1.29 is 14.3 Å². The Bertz CT molecular complexity index is 718. The van der Waals surface area contributed by atoms with Gasteiger partial charge in [0.25, 0.3) is 5.91 Å². The van der Waals surface area contributed by atoms with E-state index in [-0.39, 0.29) is 10.7 Å². The van der Waals surface area contributed by atoms with Gasteiger partial charge in [-0.2, -0.15) is 0 Å². The monoisotopic (exact) mass is 404 g/mol. The van der Waals surface area contributed by atoms with E-state index >= 15 is 0 Å². The van der Waals surface area contributed by atoms with Crippen molar-refractivity contribution in [3.63, 3.8) is 0 Å². The summed E-state index contributed by atoms with van der Waals surface area (Å²) in [6.45, 7) is 1.46. The Morgan fingerprint density at radius 1 is 1.36 bits per heavy atom. The van der Waals surface area contributed by atoms with Gasteiger partial charge in [-0.3, -0.25) is 4.79 Å². The highest BCUT2D eigenvalue weighted by Gasteiger charge is 2.21. The largest absolute Gasteiger partial charge is 0.448 e. The van der Waals surface area contributed by atoms with Gasteiger partial charge in [0.05, 0.1) is 15.7 Å². The second kappa shape index (κ2) is 7.17. The van der Waals surface area contributed by atoms with Crippen LogP contribution in [0.3, 0.4) is 0 Å². The zero-order chi connectivity index (χ0) is 16.3. The number of hydrogen-bond acceptors (Lipinski definition) is 3. The summed E-state index contributed by atoms with van der Waals surface area (Å²) >= 11 is 15.1. The number of carbonyl (C=O) groups excluding carboxylic acids is 2. The molecule has 1 heterocycles. The van der Waals surface area contributed by atoms with Gasteiger partial charge in [-0.25, -0.2) is 4.79 Å². The number of ether oxygens (including phenoxy) is 1. The molecular weight excluding hydrogens is 395 g/mol. The minimum atomic E-state index is -0.996. The Kier molecular flexibility index (Phi) is 5.50. The van der Waals surface area contributed by atoms with Crippen molar-refractivity contribution in [3.8, 4) is 0 Å². The van der Waals surface area contributed by atoms with Crippen molar-refractivity contribution in [3.05, 3.63) is 50.7 Å². The summed E-state index contributed by atoms with van der Waals surface area (Å²) < 4.78 is 5.79. The predicted octanol–water partition coefficient (Wildman–Crippen LogP) is 4.27. The van der Waals surface area contributed by atoms with Crippen molar-refractivity contribution in [2.45, 2.75) is 13.0 Å². The second-order valence-corrected chi connectivity index (χ2v) is 6.07. The van der Waals surface area contributed by atoms with Crippen molar-refractivity contribution in [2.75, 3.05) is 5.32 Å². The first-order valence-corrected chi connectivity index (χ1v) is 7.73. The second-order valence-electron chi connectivity index (χ2n) is 4.37. The molecule has 0 saturated heterocycles. The lowest BCUT2D eigenvalue weighted by Crippen LogP contribution is -2.30. The van der Waals surface area contributed by atoms with Crippen LogP contribution >= 0.6 is 39.1 Å². The molecule has 0 fully saturated rings. The highest BCUT2D eigenvalue weighted by molar-refractivity contribution is 9.10. The van der Waals surface area contributed by atoms with E-state index in [1.54, 1.807) is 30.5 Å². The van der Waals surface area contributed by atoms with Gasteiger partial charge < -0.3 is 15.0 Å². The molecule has 1 atom stereocenters. The third-order valence-corrected chi connectivity index (χ3v) is 4.01. The van der Waals surface area contributed by atoms with E-state index in [0.29, 0.717) is 15.2 Å². The first-order chi connectivity index (χ1) is 10.4. The third-order valence-electron chi connectivity index (χ3n) is 2.73. The summed E-state index contributed by atoms with van der Waals surface area (Å²) in [5.41, 5.74) is 0.594. The molecule has 0 saturated carbocycles. The number of esters is 1. The average molecular weight is 406 g/mol. The van der Waals surface area contributed by atoms with Gasteiger partial charge in [0.1, 0.15) is 5.69 Å². The summed E-state index contributed by atoms with van der Waals surface area (Å²) in [5, 5.41) is 3.11. The molecule has 0 aliphatic heterocycles. The summed E-state index contributed by atoms with van der Waals surface area (Å²) in [5.74, 6) is -1.14. The number of benzene rings is 1. The summed E-state index contributed by atoms with van der Waals surface area (Å²) in [6, 6.07) is 6.41. The van der Waals surface area contributed by atoms with Crippen molar-refractivity contribution in [1.29, 1.82) is 0 Å². The van der Waals surface area contributed by atoms with Crippen LogP contribution < -0.4 is 5.32 Å². The molecule has 0 aliphatic rings. The van der Waals surface area contributed by atoms with Gasteiger partial charge in [-0.05, 0) is 41.1 Å². The number of nitrogens with one attached hydrogen (secondary N) is 2. The summed E-state index contributed by atoms with van der Waals surface area (Å²) in [4.78, 5) is 26.6. The maximum Gasteiger partial charge on any atom is 0.355 e.